The molecule has 0 saturated heterocycles. The van der Waals surface area contributed by atoms with Crippen LogP contribution in [0.15, 0.2) is 24.3 Å². The van der Waals surface area contributed by atoms with Crippen molar-refractivity contribution in [1.82, 2.24) is 0 Å². The summed E-state index contributed by atoms with van der Waals surface area (Å²) >= 11 is 0. The molecule has 1 fully saturated rings. The van der Waals surface area contributed by atoms with Crippen LogP contribution in [0.25, 0.3) is 0 Å². The Morgan fingerprint density at radius 2 is 2.12 bits per heavy atom. The molecule has 0 aliphatic heterocycles. The van der Waals surface area contributed by atoms with E-state index in [1.807, 2.05) is 13.0 Å². The smallest absolute Gasteiger partial charge is 0.310 e. The van der Waals surface area contributed by atoms with Crippen molar-refractivity contribution in [3.8, 4) is 0 Å². The highest BCUT2D eigenvalue weighted by atomic mass is 16.4. The van der Waals surface area contributed by atoms with Crippen LogP contribution in [-0.4, -0.2) is 11.1 Å². The number of aryl methyl sites for hydroxylation is 1. The van der Waals surface area contributed by atoms with Crippen LogP contribution < -0.4 is 0 Å². The summed E-state index contributed by atoms with van der Waals surface area (Å²) in [5, 5.41) is 9.36. The Hall–Kier alpha value is -1.31. The quantitative estimate of drug-likeness (QED) is 0.783. The monoisotopic (exact) mass is 216 g/mol. The van der Waals surface area contributed by atoms with Crippen LogP contribution in [0.3, 0.4) is 0 Å². The summed E-state index contributed by atoms with van der Waals surface area (Å²) in [5.74, 6) is -0.635. The van der Waals surface area contributed by atoms with Crippen LogP contribution in [0.5, 0.6) is 0 Å². The largest absolute Gasteiger partial charge is 0.481 e. The predicted molar refractivity (Wildman–Crippen MR) is 61.4 cm³/mol. The van der Waals surface area contributed by atoms with Crippen LogP contribution >= 0.6 is 0 Å². The number of carboxylic acid groups (broad SMARTS) is 1. The molecule has 1 spiro atoms. The number of fused-ring (bicyclic) bond motifs is 2. The lowest BCUT2D eigenvalue weighted by Crippen LogP contribution is -2.27. The molecule has 2 heteroatoms. The van der Waals surface area contributed by atoms with Crippen molar-refractivity contribution in [3.05, 3.63) is 35.4 Å². The molecule has 2 aliphatic rings. The Labute approximate surface area is 95.3 Å². The SMILES string of the molecule is CC1(C(=O)O)CC12CCCc1ccccc12. The highest BCUT2D eigenvalue weighted by molar-refractivity contribution is 5.82. The van der Waals surface area contributed by atoms with E-state index in [9.17, 15) is 9.90 Å². The molecule has 1 saturated carbocycles. The fourth-order valence-electron chi connectivity index (χ4n) is 3.52. The van der Waals surface area contributed by atoms with Gasteiger partial charge in [0.1, 0.15) is 0 Å². The lowest BCUT2D eigenvalue weighted by molar-refractivity contribution is -0.143. The highest BCUT2D eigenvalue weighted by Crippen LogP contribution is 2.68. The molecular formula is C14H16O2. The average Bonchev–Trinajstić information content (AvgIpc) is 2.87. The summed E-state index contributed by atoms with van der Waals surface area (Å²) < 4.78 is 0. The fourth-order valence-corrected chi connectivity index (χ4v) is 3.52. The maximum atomic E-state index is 11.4. The number of hydrogen-bond acceptors (Lipinski definition) is 1. The summed E-state index contributed by atoms with van der Waals surface area (Å²) in [7, 11) is 0. The van der Waals surface area contributed by atoms with Gasteiger partial charge in [-0.15, -0.1) is 0 Å². The van der Waals surface area contributed by atoms with Crippen LogP contribution in [0.2, 0.25) is 0 Å². The van der Waals surface area contributed by atoms with Gasteiger partial charge in [-0.25, -0.2) is 0 Å². The van der Waals surface area contributed by atoms with Crippen molar-refractivity contribution >= 4 is 5.97 Å². The van der Waals surface area contributed by atoms with Gasteiger partial charge in [0.15, 0.2) is 0 Å². The maximum absolute atomic E-state index is 11.4. The first-order valence-electron chi connectivity index (χ1n) is 5.92. The molecule has 0 amide bonds. The van der Waals surface area contributed by atoms with Crippen LogP contribution in [-0.2, 0) is 16.6 Å². The molecule has 0 heterocycles. The van der Waals surface area contributed by atoms with Gasteiger partial charge in [0.2, 0.25) is 0 Å². The molecule has 84 valence electrons. The second-order valence-electron chi connectivity index (χ2n) is 5.41. The van der Waals surface area contributed by atoms with Crippen molar-refractivity contribution in [3.63, 3.8) is 0 Å². The van der Waals surface area contributed by atoms with Gasteiger partial charge in [0.25, 0.3) is 0 Å². The van der Waals surface area contributed by atoms with Gasteiger partial charge in [-0.1, -0.05) is 24.3 Å². The van der Waals surface area contributed by atoms with E-state index in [2.05, 4.69) is 18.2 Å². The van der Waals surface area contributed by atoms with Gasteiger partial charge in [0, 0.05) is 5.41 Å². The van der Waals surface area contributed by atoms with Gasteiger partial charge < -0.3 is 5.11 Å². The van der Waals surface area contributed by atoms with E-state index >= 15 is 0 Å². The Bertz CT molecular complexity index is 466. The number of benzene rings is 1. The summed E-state index contributed by atoms with van der Waals surface area (Å²) in [4.78, 5) is 11.4. The molecule has 2 aliphatic carbocycles. The van der Waals surface area contributed by atoms with Gasteiger partial charge in [-0.2, -0.15) is 0 Å². The second kappa shape index (κ2) is 2.88. The fraction of sp³-hybridized carbons (Fsp3) is 0.500. The van der Waals surface area contributed by atoms with E-state index in [0.717, 1.165) is 25.7 Å². The highest BCUT2D eigenvalue weighted by Gasteiger charge is 2.70. The van der Waals surface area contributed by atoms with E-state index in [1.165, 1.54) is 11.1 Å². The topological polar surface area (TPSA) is 37.3 Å². The summed E-state index contributed by atoms with van der Waals surface area (Å²) in [5.41, 5.74) is 2.07. The third kappa shape index (κ3) is 0.998. The van der Waals surface area contributed by atoms with E-state index < -0.39 is 11.4 Å². The lowest BCUT2D eigenvalue weighted by Gasteiger charge is -2.28. The normalized spacial score (nSPS) is 35.8. The lowest BCUT2D eigenvalue weighted by atomic mass is 9.75. The third-order valence-corrected chi connectivity index (χ3v) is 4.64. The molecule has 1 aromatic rings. The van der Waals surface area contributed by atoms with E-state index in [1.54, 1.807) is 0 Å². The van der Waals surface area contributed by atoms with E-state index in [-0.39, 0.29) is 5.41 Å². The minimum absolute atomic E-state index is 0.0618. The Balaban J connectivity index is 2.11. The number of hydrogen-bond donors (Lipinski definition) is 1. The standard InChI is InChI=1S/C14H16O2/c1-13(12(15)16)9-14(13)8-4-6-10-5-2-3-7-11(10)14/h2-3,5,7H,4,6,8-9H2,1H3,(H,15,16). The van der Waals surface area contributed by atoms with Crippen LogP contribution in [0, 0.1) is 5.41 Å². The second-order valence-corrected chi connectivity index (χ2v) is 5.41. The van der Waals surface area contributed by atoms with Gasteiger partial charge in [-0.05, 0) is 43.7 Å². The number of aliphatic carboxylic acids is 1. The zero-order valence-electron chi connectivity index (χ0n) is 9.49. The molecule has 1 aromatic carbocycles. The average molecular weight is 216 g/mol. The molecule has 3 rings (SSSR count). The maximum Gasteiger partial charge on any atom is 0.310 e. The Morgan fingerprint density at radius 1 is 1.38 bits per heavy atom. The first kappa shape index (κ1) is 9.88. The molecule has 0 radical (unpaired) electrons. The molecule has 2 unspecified atom stereocenters. The number of carbonyl (C=O) groups is 1. The minimum Gasteiger partial charge on any atom is -0.481 e. The van der Waals surface area contributed by atoms with E-state index in [4.69, 9.17) is 0 Å². The Kier molecular flexibility index (Phi) is 1.78. The van der Waals surface area contributed by atoms with Crippen LogP contribution in [0.1, 0.15) is 37.3 Å². The molecule has 2 nitrogen and oxygen atoms in total. The number of carboxylic acids is 1. The summed E-state index contributed by atoms with van der Waals surface area (Å²) in [6.07, 6.45) is 4.08. The minimum atomic E-state index is -0.635. The molecule has 0 aromatic heterocycles. The van der Waals surface area contributed by atoms with Crippen LogP contribution in [0.4, 0.5) is 0 Å². The molecule has 1 N–H and O–H groups in total. The predicted octanol–water partition coefficient (Wildman–Crippen LogP) is 2.76. The molecule has 0 bridgehead atoms. The van der Waals surface area contributed by atoms with Gasteiger partial charge >= 0.3 is 5.97 Å². The summed E-state index contributed by atoms with van der Waals surface area (Å²) in [6, 6.07) is 8.37. The van der Waals surface area contributed by atoms with Crippen molar-refractivity contribution in [2.24, 2.45) is 5.41 Å². The van der Waals surface area contributed by atoms with Gasteiger partial charge in [0.05, 0.1) is 5.41 Å². The van der Waals surface area contributed by atoms with Crippen molar-refractivity contribution in [1.29, 1.82) is 0 Å². The first-order valence-corrected chi connectivity index (χ1v) is 5.92. The van der Waals surface area contributed by atoms with E-state index in [0.29, 0.717) is 0 Å². The molecule has 16 heavy (non-hydrogen) atoms. The van der Waals surface area contributed by atoms with Crippen molar-refractivity contribution in [2.45, 2.75) is 38.0 Å². The molecule has 2 atom stereocenters. The van der Waals surface area contributed by atoms with Crippen molar-refractivity contribution < 1.29 is 9.90 Å². The van der Waals surface area contributed by atoms with Crippen molar-refractivity contribution in [2.75, 3.05) is 0 Å². The Morgan fingerprint density at radius 3 is 2.81 bits per heavy atom. The number of rotatable bonds is 1. The van der Waals surface area contributed by atoms with Gasteiger partial charge in [-0.3, -0.25) is 4.79 Å². The zero-order valence-corrected chi connectivity index (χ0v) is 9.49. The summed E-state index contributed by atoms with van der Waals surface area (Å²) in [6.45, 7) is 1.90. The molecular weight excluding hydrogens is 200 g/mol. The zero-order chi connectivity index (χ0) is 11.4. The first-order chi connectivity index (χ1) is 7.60. The third-order valence-electron chi connectivity index (χ3n) is 4.64.